The molecule has 3 aromatic rings. The molecule has 1 saturated heterocycles. The second-order valence-electron chi connectivity index (χ2n) is 7.40. The molecule has 4 rings (SSSR count). The van der Waals surface area contributed by atoms with Gasteiger partial charge in [0, 0.05) is 35.5 Å². The number of benzene rings is 2. The highest BCUT2D eigenvalue weighted by Gasteiger charge is 2.17. The molecule has 0 aliphatic carbocycles. The van der Waals surface area contributed by atoms with Gasteiger partial charge in [0.25, 0.3) is 0 Å². The van der Waals surface area contributed by atoms with Gasteiger partial charge in [-0.15, -0.1) is 0 Å². The van der Waals surface area contributed by atoms with Crippen molar-refractivity contribution >= 4 is 28.0 Å². The Kier molecular flexibility index (Phi) is 7.18. The summed E-state index contributed by atoms with van der Waals surface area (Å²) in [5.41, 5.74) is 2.53. The van der Waals surface area contributed by atoms with Crippen molar-refractivity contribution in [2.45, 2.75) is 30.8 Å². The van der Waals surface area contributed by atoms with E-state index in [1.807, 2.05) is 37.3 Å². The van der Waals surface area contributed by atoms with Crippen molar-refractivity contribution < 1.29 is 13.7 Å². The van der Waals surface area contributed by atoms with Crippen LogP contribution in [0.15, 0.2) is 59.6 Å². The van der Waals surface area contributed by atoms with Crippen LogP contribution in [0.25, 0.3) is 11.1 Å². The molecule has 9 heteroatoms. The van der Waals surface area contributed by atoms with E-state index in [4.69, 9.17) is 19.2 Å². The zero-order chi connectivity index (χ0) is 22.3. The fraction of sp³-hybridized carbons (Fsp3) is 0.304. The van der Waals surface area contributed by atoms with Crippen molar-refractivity contribution in [1.29, 1.82) is 4.78 Å². The standard InChI is InChI=1S/C23H27N5O3S/c1-2-30-18-10-8-16(9-11-18)21-15-26-23(27-17-5-3-7-20(13-17)32(24)29)28-22(21)25-14-19-6-4-12-31-19/h3,5,7-11,13,15,19,24,32H,2,4,6,12,14H2,1H3,(H2,25,26,27,28). The molecule has 1 fully saturated rings. The second kappa shape index (κ2) is 10.4. The summed E-state index contributed by atoms with van der Waals surface area (Å²) in [5.74, 6) is 1.92. The topological polar surface area (TPSA) is 109 Å². The van der Waals surface area contributed by atoms with Crippen LogP contribution < -0.4 is 15.4 Å². The molecule has 2 heterocycles. The van der Waals surface area contributed by atoms with Gasteiger partial charge in [0.2, 0.25) is 5.95 Å². The third kappa shape index (κ3) is 5.54. The maximum absolute atomic E-state index is 11.5. The monoisotopic (exact) mass is 453 g/mol. The number of hydrogen-bond acceptors (Lipinski definition) is 8. The van der Waals surface area contributed by atoms with E-state index in [1.54, 1.807) is 24.4 Å². The van der Waals surface area contributed by atoms with Gasteiger partial charge in [-0.25, -0.2) is 9.19 Å². The first kappa shape index (κ1) is 22.0. The molecule has 2 atom stereocenters. The maximum atomic E-state index is 11.5. The number of nitrogens with one attached hydrogen (secondary N) is 3. The number of nitrogens with zero attached hydrogens (tertiary/aromatic N) is 2. The molecule has 1 aliphatic heterocycles. The lowest BCUT2D eigenvalue weighted by atomic mass is 10.1. The van der Waals surface area contributed by atoms with Gasteiger partial charge in [-0.3, -0.25) is 4.78 Å². The van der Waals surface area contributed by atoms with Crippen LogP contribution in [0.3, 0.4) is 0 Å². The van der Waals surface area contributed by atoms with E-state index in [0.717, 1.165) is 36.3 Å². The van der Waals surface area contributed by atoms with Crippen molar-refractivity contribution in [3.8, 4) is 16.9 Å². The molecule has 0 amide bonds. The number of ether oxygens (including phenoxy) is 2. The van der Waals surface area contributed by atoms with Gasteiger partial charge < -0.3 is 20.1 Å². The van der Waals surface area contributed by atoms with Crippen LogP contribution in [-0.2, 0) is 15.3 Å². The van der Waals surface area contributed by atoms with Gasteiger partial charge in [-0.2, -0.15) is 4.98 Å². The first-order valence-electron chi connectivity index (χ1n) is 10.6. The highest BCUT2D eigenvalue weighted by atomic mass is 32.2. The summed E-state index contributed by atoms with van der Waals surface area (Å²) < 4.78 is 30.2. The van der Waals surface area contributed by atoms with Gasteiger partial charge in [-0.05, 0) is 55.7 Å². The molecular weight excluding hydrogens is 426 g/mol. The van der Waals surface area contributed by atoms with Crippen LogP contribution in [0.5, 0.6) is 5.75 Å². The van der Waals surface area contributed by atoms with Crippen LogP contribution >= 0.6 is 0 Å². The number of anilines is 3. The van der Waals surface area contributed by atoms with Gasteiger partial charge in [-0.1, -0.05) is 18.2 Å². The third-order valence-corrected chi connectivity index (χ3v) is 5.87. The molecule has 168 valence electrons. The second-order valence-corrected chi connectivity index (χ2v) is 8.50. The highest BCUT2D eigenvalue weighted by Crippen LogP contribution is 2.29. The van der Waals surface area contributed by atoms with Gasteiger partial charge in [0.1, 0.15) is 11.6 Å². The van der Waals surface area contributed by atoms with Crippen LogP contribution in [0.1, 0.15) is 19.8 Å². The summed E-state index contributed by atoms with van der Waals surface area (Å²) in [4.78, 5) is 9.63. The fourth-order valence-electron chi connectivity index (χ4n) is 3.54. The third-order valence-electron chi connectivity index (χ3n) is 5.12. The van der Waals surface area contributed by atoms with E-state index in [2.05, 4.69) is 15.6 Å². The van der Waals surface area contributed by atoms with Crippen LogP contribution in [-0.4, -0.2) is 40.0 Å². The first-order valence-corrected chi connectivity index (χ1v) is 11.9. The average molecular weight is 454 g/mol. The molecule has 0 saturated carbocycles. The molecule has 1 aliphatic rings. The SMILES string of the molecule is CCOc1ccc(-c2cnc(Nc3cccc([SH](=N)=O)c3)nc2NCC2CCCO2)cc1. The minimum absolute atomic E-state index is 0.166. The molecule has 1 aromatic heterocycles. The predicted octanol–water partition coefficient (Wildman–Crippen LogP) is 4.48. The van der Waals surface area contributed by atoms with Crippen molar-refractivity contribution in [2.75, 3.05) is 30.4 Å². The zero-order valence-corrected chi connectivity index (χ0v) is 18.8. The summed E-state index contributed by atoms with van der Waals surface area (Å²) in [6.45, 7) is 4.03. The Bertz CT molecular complexity index is 1120. The predicted molar refractivity (Wildman–Crippen MR) is 126 cm³/mol. The first-order chi connectivity index (χ1) is 15.6. The summed E-state index contributed by atoms with van der Waals surface area (Å²) in [7, 11) is -2.16. The Morgan fingerprint density at radius 2 is 2.09 bits per heavy atom. The number of thiol groups is 1. The molecule has 0 spiro atoms. The van der Waals surface area contributed by atoms with Crippen LogP contribution in [0.4, 0.5) is 17.5 Å². The average Bonchev–Trinajstić information content (AvgIpc) is 3.33. The van der Waals surface area contributed by atoms with E-state index in [-0.39, 0.29) is 6.10 Å². The molecule has 2 unspecified atom stereocenters. The normalized spacial score (nSPS) is 16.5. The summed E-state index contributed by atoms with van der Waals surface area (Å²) in [6.07, 6.45) is 4.04. The van der Waals surface area contributed by atoms with Crippen LogP contribution in [0, 0.1) is 4.78 Å². The van der Waals surface area contributed by atoms with E-state index >= 15 is 0 Å². The zero-order valence-electron chi connectivity index (χ0n) is 17.9. The molecule has 3 N–H and O–H groups in total. The summed E-state index contributed by atoms with van der Waals surface area (Å²) >= 11 is 0. The van der Waals surface area contributed by atoms with Gasteiger partial charge in [0.15, 0.2) is 0 Å². The highest BCUT2D eigenvalue weighted by molar-refractivity contribution is 7.73. The van der Waals surface area contributed by atoms with Crippen molar-refractivity contribution in [3.63, 3.8) is 0 Å². The Morgan fingerprint density at radius 3 is 2.81 bits per heavy atom. The summed E-state index contributed by atoms with van der Waals surface area (Å²) in [5, 5.41) is 6.57. The van der Waals surface area contributed by atoms with E-state index in [9.17, 15) is 4.21 Å². The molecule has 2 aromatic carbocycles. The van der Waals surface area contributed by atoms with Crippen molar-refractivity contribution in [2.24, 2.45) is 0 Å². The smallest absolute Gasteiger partial charge is 0.229 e. The van der Waals surface area contributed by atoms with Gasteiger partial charge in [0.05, 0.1) is 23.3 Å². The molecule has 8 nitrogen and oxygen atoms in total. The van der Waals surface area contributed by atoms with Crippen LogP contribution in [0.2, 0.25) is 0 Å². The fourth-order valence-corrected chi connectivity index (χ4v) is 4.02. The quantitative estimate of drug-likeness (QED) is 0.354. The minimum Gasteiger partial charge on any atom is -0.494 e. The lowest BCUT2D eigenvalue weighted by Crippen LogP contribution is -2.19. The number of aromatic nitrogens is 2. The van der Waals surface area contributed by atoms with E-state index in [1.165, 1.54) is 0 Å². The van der Waals surface area contributed by atoms with Crippen molar-refractivity contribution in [1.82, 2.24) is 9.97 Å². The largest absolute Gasteiger partial charge is 0.494 e. The Labute approximate surface area is 189 Å². The Balaban J connectivity index is 1.61. The Hall–Kier alpha value is -3.17. The number of rotatable bonds is 9. The molecule has 0 radical (unpaired) electrons. The molecule has 32 heavy (non-hydrogen) atoms. The summed E-state index contributed by atoms with van der Waals surface area (Å²) in [6, 6.07) is 14.8. The maximum Gasteiger partial charge on any atom is 0.229 e. The lowest BCUT2D eigenvalue weighted by molar-refractivity contribution is 0.120. The molecular formula is C23H27N5O3S. The van der Waals surface area contributed by atoms with E-state index in [0.29, 0.717) is 35.5 Å². The van der Waals surface area contributed by atoms with Gasteiger partial charge >= 0.3 is 0 Å². The van der Waals surface area contributed by atoms with E-state index < -0.39 is 10.6 Å². The molecule has 0 bridgehead atoms. The Morgan fingerprint density at radius 1 is 1.25 bits per heavy atom. The lowest BCUT2D eigenvalue weighted by Gasteiger charge is -2.16. The van der Waals surface area contributed by atoms with Crippen molar-refractivity contribution in [3.05, 3.63) is 54.7 Å². The minimum atomic E-state index is -2.16. The number of hydrogen-bond donors (Lipinski definition) is 4.